The highest BCUT2D eigenvalue weighted by Crippen LogP contribution is 2.29. The molecule has 120 valence electrons. The van der Waals surface area contributed by atoms with Gasteiger partial charge < -0.3 is 10.4 Å². The van der Waals surface area contributed by atoms with E-state index >= 15 is 0 Å². The molecule has 0 aliphatic rings. The maximum atomic E-state index is 12.4. The number of aryl methyl sites for hydroxylation is 1. The van der Waals surface area contributed by atoms with Crippen LogP contribution in [0, 0.1) is 6.92 Å². The summed E-state index contributed by atoms with van der Waals surface area (Å²) in [5.41, 5.74) is 0.811. The van der Waals surface area contributed by atoms with E-state index in [4.69, 9.17) is 0 Å². The van der Waals surface area contributed by atoms with Crippen LogP contribution in [0.3, 0.4) is 0 Å². The van der Waals surface area contributed by atoms with Gasteiger partial charge in [-0.1, -0.05) is 12.1 Å². The maximum absolute atomic E-state index is 12.4. The third-order valence-corrected chi connectivity index (χ3v) is 3.24. The Morgan fingerprint density at radius 1 is 1.27 bits per heavy atom. The lowest BCUT2D eigenvalue weighted by molar-refractivity contribution is -0.137. The number of rotatable bonds is 6. The molecule has 0 unspecified atom stereocenters. The summed E-state index contributed by atoms with van der Waals surface area (Å²) in [6.07, 6.45) is -1.53. The Labute approximate surface area is 126 Å². The van der Waals surface area contributed by atoms with Gasteiger partial charge in [-0.15, -0.1) is 0 Å². The number of aromatic nitrogens is 2. The molecule has 0 bridgehead atoms. The van der Waals surface area contributed by atoms with Gasteiger partial charge in [0.2, 0.25) is 0 Å². The Balaban J connectivity index is 1.78. The first-order valence-corrected chi connectivity index (χ1v) is 6.91. The number of halogens is 3. The second kappa shape index (κ2) is 6.93. The van der Waals surface area contributed by atoms with E-state index < -0.39 is 17.8 Å². The second-order valence-electron chi connectivity index (χ2n) is 5.12. The third-order valence-electron chi connectivity index (χ3n) is 3.24. The molecule has 1 aromatic carbocycles. The molecule has 0 amide bonds. The Hall–Kier alpha value is -1.86. The summed E-state index contributed by atoms with van der Waals surface area (Å²) >= 11 is 0. The monoisotopic (exact) mass is 313 g/mol. The van der Waals surface area contributed by atoms with Crippen LogP contribution in [0.5, 0.6) is 0 Å². The van der Waals surface area contributed by atoms with E-state index in [0.29, 0.717) is 18.7 Å². The molecule has 2 rings (SSSR count). The van der Waals surface area contributed by atoms with E-state index in [0.717, 1.165) is 17.7 Å². The van der Waals surface area contributed by atoms with Crippen molar-refractivity contribution in [3.05, 3.63) is 53.3 Å². The Morgan fingerprint density at radius 3 is 2.50 bits per heavy atom. The van der Waals surface area contributed by atoms with Crippen molar-refractivity contribution in [3.8, 4) is 0 Å². The lowest BCUT2D eigenvalue weighted by Gasteiger charge is -2.13. The Kier molecular flexibility index (Phi) is 5.20. The van der Waals surface area contributed by atoms with Gasteiger partial charge in [-0.25, -0.2) is 0 Å². The van der Waals surface area contributed by atoms with Gasteiger partial charge in [-0.2, -0.15) is 18.3 Å². The van der Waals surface area contributed by atoms with Gasteiger partial charge in [0.25, 0.3) is 0 Å². The molecule has 1 atom stereocenters. The summed E-state index contributed by atoms with van der Waals surface area (Å²) in [5.74, 6) is 0. The molecule has 0 aliphatic heterocycles. The van der Waals surface area contributed by atoms with E-state index in [9.17, 15) is 18.3 Å². The van der Waals surface area contributed by atoms with Crippen molar-refractivity contribution in [1.82, 2.24) is 15.1 Å². The van der Waals surface area contributed by atoms with Crippen molar-refractivity contribution >= 4 is 0 Å². The summed E-state index contributed by atoms with van der Waals surface area (Å²) < 4.78 is 39.1. The molecule has 1 aromatic heterocycles. The van der Waals surface area contributed by atoms with E-state index in [2.05, 4.69) is 10.4 Å². The van der Waals surface area contributed by atoms with Crippen LogP contribution < -0.4 is 5.32 Å². The fraction of sp³-hybridized carbons (Fsp3) is 0.400. The van der Waals surface area contributed by atoms with E-state index in [-0.39, 0.29) is 6.54 Å². The van der Waals surface area contributed by atoms with Gasteiger partial charge >= 0.3 is 6.18 Å². The summed E-state index contributed by atoms with van der Waals surface area (Å²) in [7, 11) is 0. The summed E-state index contributed by atoms with van der Waals surface area (Å²) in [4.78, 5) is 0. The van der Waals surface area contributed by atoms with Crippen LogP contribution in [0.4, 0.5) is 13.2 Å². The molecule has 0 saturated carbocycles. The molecule has 0 spiro atoms. The molecular weight excluding hydrogens is 295 g/mol. The van der Waals surface area contributed by atoms with Crippen molar-refractivity contribution in [2.45, 2.75) is 25.7 Å². The smallest absolute Gasteiger partial charge is 0.387 e. The number of benzene rings is 1. The molecule has 7 heteroatoms. The molecular formula is C15H18F3N3O. The molecule has 0 fully saturated rings. The largest absolute Gasteiger partial charge is 0.416 e. The lowest BCUT2D eigenvalue weighted by atomic mass is 10.1. The van der Waals surface area contributed by atoms with Crippen molar-refractivity contribution in [3.63, 3.8) is 0 Å². The van der Waals surface area contributed by atoms with Gasteiger partial charge in [0.05, 0.1) is 24.4 Å². The molecule has 0 aliphatic carbocycles. The van der Waals surface area contributed by atoms with Crippen molar-refractivity contribution < 1.29 is 18.3 Å². The van der Waals surface area contributed by atoms with Crippen LogP contribution in [0.2, 0.25) is 0 Å². The fourth-order valence-electron chi connectivity index (χ4n) is 2.03. The number of alkyl halides is 3. The quantitative estimate of drug-likeness (QED) is 0.806. The fourth-order valence-corrected chi connectivity index (χ4v) is 2.03. The van der Waals surface area contributed by atoms with Crippen molar-refractivity contribution in [2.24, 2.45) is 0 Å². The zero-order valence-electron chi connectivity index (χ0n) is 12.1. The third kappa shape index (κ3) is 4.57. The number of hydrogen-bond acceptors (Lipinski definition) is 3. The molecule has 2 N–H and O–H groups in total. The molecule has 22 heavy (non-hydrogen) atoms. The number of aliphatic hydroxyl groups excluding tert-OH is 1. The second-order valence-corrected chi connectivity index (χ2v) is 5.12. The summed E-state index contributed by atoms with van der Waals surface area (Å²) in [6.45, 7) is 3.49. The zero-order valence-corrected chi connectivity index (χ0v) is 12.1. The SMILES string of the molecule is Cc1cnn(CCNC[C@H](O)c2ccc(C(F)(F)F)cc2)c1. The minimum Gasteiger partial charge on any atom is -0.387 e. The van der Waals surface area contributed by atoms with Crippen LogP contribution >= 0.6 is 0 Å². The number of nitrogens with one attached hydrogen (secondary N) is 1. The van der Waals surface area contributed by atoms with Gasteiger partial charge in [0.1, 0.15) is 0 Å². The highest BCUT2D eigenvalue weighted by Gasteiger charge is 2.30. The van der Waals surface area contributed by atoms with Crippen LogP contribution in [0.1, 0.15) is 22.8 Å². The van der Waals surface area contributed by atoms with Crippen molar-refractivity contribution in [1.29, 1.82) is 0 Å². The lowest BCUT2D eigenvalue weighted by Crippen LogP contribution is -2.25. The van der Waals surface area contributed by atoms with Crippen LogP contribution in [-0.4, -0.2) is 28.0 Å². The van der Waals surface area contributed by atoms with Gasteiger partial charge in [0.15, 0.2) is 0 Å². The van der Waals surface area contributed by atoms with Gasteiger partial charge in [-0.05, 0) is 30.2 Å². The van der Waals surface area contributed by atoms with E-state index in [1.165, 1.54) is 12.1 Å². The standard InChI is InChI=1S/C15H18F3N3O/c1-11-8-20-21(10-11)7-6-19-9-14(22)12-2-4-13(5-3-12)15(16,17)18/h2-5,8,10,14,19,22H,6-7,9H2,1H3/t14-/m0/s1. The minimum atomic E-state index is -4.36. The number of aliphatic hydroxyl groups is 1. The molecule has 4 nitrogen and oxygen atoms in total. The highest BCUT2D eigenvalue weighted by atomic mass is 19.4. The average Bonchev–Trinajstić information content (AvgIpc) is 2.88. The van der Waals surface area contributed by atoms with E-state index in [1.807, 2.05) is 13.1 Å². The predicted molar refractivity (Wildman–Crippen MR) is 76.2 cm³/mol. The van der Waals surface area contributed by atoms with Gasteiger partial charge in [0, 0.05) is 19.3 Å². The molecule has 1 heterocycles. The number of hydrogen-bond donors (Lipinski definition) is 2. The van der Waals surface area contributed by atoms with Crippen LogP contribution in [-0.2, 0) is 12.7 Å². The Morgan fingerprint density at radius 2 is 1.95 bits per heavy atom. The molecule has 0 saturated heterocycles. The first-order valence-electron chi connectivity index (χ1n) is 6.91. The average molecular weight is 313 g/mol. The predicted octanol–water partition coefficient (Wildman–Crippen LogP) is 2.53. The number of nitrogens with zero attached hydrogens (tertiary/aromatic N) is 2. The summed E-state index contributed by atoms with van der Waals surface area (Å²) in [5, 5.41) is 17.1. The van der Waals surface area contributed by atoms with Crippen LogP contribution in [0.25, 0.3) is 0 Å². The maximum Gasteiger partial charge on any atom is 0.416 e. The first-order chi connectivity index (χ1) is 10.4. The zero-order chi connectivity index (χ0) is 16.2. The van der Waals surface area contributed by atoms with Crippen molar-refractivity contribution in [2.75, 3.05) is 13.1 Å². The Bertz CT molecular complexity index is 593. The topological polar surface area (TPSA) is 50.1 Å². The highest BCUT2D eigenvalue weighted by molar-refractivity contribution is 5.26. The minimum absolute atomic E-state index is 0.269. The first kappa shape index (κ1) is 16.5. The molecule has 2 aromatic rings. The van der Waals surface area contributed by atoms with Gasteiger partial charge in [-0.3, -0.25) is 4.68 Å². The molecule has 0 radical (unpaired) electrons. The van der Waals surface area contributed by atoms with Crippen LogP contribution in [0.15, 0.2) is 36.7 Å². The van der Waals surface area contributed by atoms with E-state index in [1.54, 1.807) is 10.9 Å². The normalized spacial score (nSPS) is 13.3. The summed E-state index contributed by atoms with van der Waals surface area (Å²) in [6, 6.07) is 4.55.